The average molecular weight is 507 g/mol. The number of aromatic nitrogens is 2. The van der Waals surface area contributed by atoms with Gasteiger partial charge < -0.3 is 4.74 Å². The molecule has 0 fully saturated rings. The maximum Gasteiger partial charge on any atom is 0.159 e. The van der Waals surface area contributed by atoms with Crippen LogP contribution in [-0.4, -0.2) is 16.6 Å². The molecule has 37 heavy (non-hydrogen) atoms. The van der Waals surface area contributed by atoms with Gasteiger partial charge in [0.2, 0.25) is 0 Å². The maximum atomic E-state index is 15.1. The average Bonchev–Trinajstić information content (AvgIpc) is 2.91. The molecular weight excluding hydrogens is 473 g/mol. The molecule has 3 nitrogen and oxygen atoms in total. The molecule has 4 aromatic rings. The van der Waals surface area contributed by atoms with E-state index >= 15 is 4.39 Å². The summed E-state index contributed by atoms with van der Waals surface area (Å²) in [7, 11) is 0. The molecule has 0 saturated carbocycles. The van der Waals surface area contributed by atoms with Gasteiger partial charge in [0.15, 0.2) is 17.4 Å². The predicted octanol–water partition coefficient (Wildman–Crippen LogP) is 7.97. The molecule has 0 N–H and O–H groups in total. The van der Waals surface area contributed by atoms with Crippen molar-refractivity contribution in [2.24, 2.45) is 0 Å². The van der Waals surface area contributed by atoms with Gasteiger partial charge in [-0.3, -0.25) is 0 Å². The van der Waals surface area contributed by atoms with Crippen LogP contribution in [0.3, 0.4) is 0 Å². The summed E-state index contributed by atoms with van der Waals surface area (Å²) in [5.41, 5.74) is 2.28. The van der Waals surface area contributed by atoms with Crippen LogP contribution in [0.2, 0.25) is 0 Å². The minimum absolute atomic E-state index is 0.268. The quantitative estimate of drug-likeness (QED) is 0.173. The van der Waals surface area contributed by atoms with Gasteiger partial charge >= 0.3 is 0 Å². The summed E-state index contributed by atoms with van der Waals surface area (Å²) in [6, 6.07) is 13.2. The van der Waals surface area contributed by atoms with Crippen LogP contribution in [0.15, 0.2) is 60.9 Å². The molecule has 0 aliphatic carbocycles. The molecule has 0 unspecified atom stereocenters. The van der Waals surface area contributed by atoms with Crippen molar-refractivity contribution >= 4 is 10.8 Å². The van der Waals surface area contributed by atoms with E-state index in [0.717, 1.165) is 35.7 Å². The Hall–Kier alpha value is -3.41. The minimum atomic E-state index is -0.883. The van der Waals surface area contributed by atoms with E-state index in [0.29, 0.717) is 48.1 Å². The van der Waals surface area contributed by atoms with E-state index in [2.05, 4.69) is 16.9 Å². The van der Waals surface area contributed by atoms with E-state index in [9.17, 15) is 8.78 Å². The highest BCUT2D eigenvalue weighted by Crippen LogP contribution is 2.24. The highest BCUT2D eigenvalue weighted by Gasteiger charge is 2.10. The third kappa shape index (κ3) is 7.54. The van der Waals surface area contributed by atoms with Gasteiger partial charge in [0.1, 0.15) is 11.6 Å². The number of unbranched alkanes of at least 4 members (excludes halogenated alkanes) is 4. The second kappa shape index (κ2) is 13.2. The first-order chi connectivity index (χ1) is 18.0. The summed E-state index contributed by atoms with van der Waals surface area (Å²) >= 11 is 0. The topological polar surface area (TPSA) is 35.0 Å². The lowest BCUT2D eigenvalue weighted by Gasteiger charge is -2.09. The van der Waals surface area contributed by atoms with Crippen LogP contribution >= 0.6 is 0 Å². The monoisotopic (exact) mass is 506 g/mol. The van der Waals surface area contributed by atoms with E-state index in [1.807, 2.05) is 18.2 Å². The van der Waals surface area contributed by atoms with Gasteiger partial charge in [-0.25, -0.2) is 23.1 Å². The lowest BCUT2D eigenvalue weighted by molar-refractivity contribution is 0.302. The van der Waals surface area contributed by atoms with Gasteiger partial charge in [-0.1, -0.05) is 69.0 Å². The van der Waals surface area contributed by atoms with Gasteiger partial charge in [0.25, 0.3) is 0 Å². The number of halogens is 3. The van der Waals surface area contributed by atoms with Crippen molar-refractivity contribution in [3.05, 3.63) is 101 Å². The van der Waals surface area contributed by atoms with Crippen molar-refractivity contribution in [2.45, 2.75) is 64.7 Å². The first kappa shape index (κ1) is 26.6. The van der Waals surface area contributed by atoms with Crippen LogP contribution in [0.4, 0.5) is 13.2 Å². The van der Waals surface area contributed by atoms with E-state index in [-0.39, 0.29) is 5.82 Å². The predicted molar refractivity (Wildman–Crippen MR) is 141 cm³/mol. The van der Waals surface area contributed by atoms with Crippen LogP contribution < -0.4 is 4.74 Å². The number of nitrogens with zero attached hydrogens (tertiary/aromatic N) is 2. The fourth-order valence-electron chi connectivity index (χ4n) is 4.41. The molecule has 1 heterocycles. The van der Waals surface area contributed by atoms with Crippen molar-refractivity contribution in [3.63, 3.8) is 0 Å². The summed E-state index contributed by atoms with van der Waals surface area (Å²) in [6.45, 7) is 2.89. The van der Waals surface area contributed by atoms with Gasteiger partial charge in [-0.05, 0) is 59.9 Å². The highest BCUT2D eigenvalue weighted by molar-refractivity contribution is 5.84. The zero-order chi connectivity index (χ0) is 26.0. The minimum Gasteiger partial charge on any atom is -0.490 e. The first-order valence-corrected chi connectivity index (χ1v) is 13.1. The molecule has 0 aliphatic rings. The SMILES string of the molecule is CCCCCCCOc1cnc(CCc2ccc3c(F)c(CCc4ccc(F)c(F)c4)ccc3c2)nc1. The molecule has 3 aromatic carbocycles. The smallest absolute Gasteiger partial charge is 0.159 e. The van der Waals surface area contributed by atoms with Crippen molar-refractivity contribution in [3.8, 4) is 5.75 Å². The fourth-order valence-corrected chi connectivity index (χ4v) is 4.41. The van der Waals surface area contributed by atoms with Gasteiger partial charge in [-0.2, -0.15) is 0 Å². The standard InChI is InChI=1S/C31H33F3N2O/c1-2-3-4-5-6-17-37-26-20-35-30(36-21-26)16-10-22-8-14-27-25(18-22)13-12-24(31(27)34)11-7-23-9-15-28(32)29(33)19-23/h8-9,12-15,18-21H,2-7,10-11,16-17H2,1H3. The van der Waals surface area contributed by atoms with Gasteiger partial charge in [0.05, 0.1) is 19.0 Å². The molecule has 0 bridgehead atoms. The summed E-state index contributed by atoms with van der Waals surface area (Å²) in [4.78, 5) is 8.85. The molecule has 1 aromatic heterocycles. The molecule has 0 spiro atoms. The lowest BCUT2D eigenvalue weighted by atomic mass is 9.98. The van der Waals surface area contributed by atoms with Crippen molar-refractivity contribution in [2.75, 3.05) is 6.61 Å². The zero-order valence-corrected chi connectivity index (χ0v) is 21.3. The normalized spacial score (nSPS) is 11.2. The number of fused-ring (bicyclic) bond motifs is 1. The highest BCUT2D eigenvalue weighted by atomic mass is 19.2. The molecule has 6 heteroatoms. The molecule has 0 atom stereocenters. The lowest BCUT2D eigenvalue weighted by Crippen LogP contribution is -2.02. The molecular formula is C31H33F3N2O. The Labute approximate surface area is 216 Å². The van der Waals surface area contributed by atoms with E-state index in [1.54, 1.807) is 24.5 Å². The Morgan fingerprint density at radius 1 is 0.703 bits per heavy atom. The van der Waals surface area contributed by atoms with E-state index in [4.69, 9.17) is 4.74 Å². The Morgan fingerprint density at radius 2 is 1.43 bits per heavy atom. The van der Waals surface area contributed by atoms with E-state index < -0.39 is 11.6 Å². The summed E-state index contributed by atoms with van der Waals surface area (Å²) < 4.78 is 47.4. The fraction of sp³-hybridized carbons (Fsp3) is 0.355. The molecule has 0 saturated heterocycles. The van der Waals surface area contributed by atoms with Crippen molar-refractivity contribution in [1.82, 2.24) is 9.97 Å². The van der Waals surface area contributed by atoms with Crippen LogP contribution in [0, 0.1) is 17.5 Å². The first-order valence-electron chi connectivity index (χ1n) is 13.1. The molecule has 0 radical (unpaired) electrons. The molecule has 4 rings (SSSR count). The maximum absolute atomic E-state index is 15.1. The second-order valence-electron chi connectivity index (χ2n) is 9.44. The number of benzene rings is 3. The number of hydrogen-bond donors (Lipinski definition) is 0. The Morgan fingerprint density at radius 3 is 2.22 bits per heavy atom. The molecule has 0 amide bonds. The third-order valence-corrected chi connectivity index (χ3v) is 6.60. The van der Waals surface area contributed by atoms with Gasteiger partial charge in [-0.15, -0.1) is 0 Å². The third-order valence-electron chi connectivity index (χ3n) is 6.60. The number of aryl methyl sites for hydroxylation is 4. The Balaban J connectivity index is 1.30. The van der Waals surface area contributed by atoms with Crippen molar-refractivity contribution < 1.29 is 17.9 Å². The summed E-state index contributed by atoms with van der Waals surface area (Å²) in [5, 5.41) is 1.38. The van der Waals surface area contributed by atoms with Crippen LogP contribution in [0.5, 0.6) is 5.75 Å². The molecule has 194 valence electrons. The Kier molecular flexibility index (Phi) is 9.52. The van der Waals surface area contributed by atoms with Crippen LogP contribution in [0.1, 0.15) is 61.5 Å². The van der Waals surface area contributed by atoms with Crippen molar-refractivity contribution in [1.29, 1.82) is 0 Å². The van der Waals surface area contributed by atoms with E-state index in [1.165, 1.54) is 37.8 Å². The zero-order valence-electron chi connectivity index (χ0n) is 21.3. The van der Waals surface area contributed by atoms with Gasteiger partial charge in [0, 0.05) is 11.8 Å². The number of rotatable bonds is 13. The number of ether oxygens (including phenoxy) is 1. The van der Waals surface area contributed by atoms with Crippen LogP contribution in [0.25, 0.3) is 10.8 Å². The second-order valence-corrected chi connectivity index (χ2v) is 9.44. The number of hydrogen-bond acceptors (Lipinski definition) is 3. The Bertz CT molecular complexity index is 1310. The summed E-state index contributed by atoms with van der Waals surface area (Å²) in [6.07, 6.45) is 11.7. The largest absolute Gasteiger partial charge is 0.490 e. The van der Waals surface area contributed by atoms with Crippen LogP contribution in [-0.2, 0) is 25.7 Å². The molecule has 0 aliphatic heterocycles. The summed E-state index contributed by atoms with van der Waals surface area (Å²) in [5.74, 6) is -0.588.